The highest BCUT2D eigenvalue weighted by Crippen LogP contribution is 2.43. The van der Waals surface area contributed by atoms with Crippen molar-refractivity contribution in [2.45, 2.75) is 37.4 Å². The molecule has 0 radical (unpaired) electrons. The summed E-state index contributed by atoms with van der Waals surface area (Å²) in [6, 6.07) is 0. The van der Waals surface area contributed by atoms with Gasteiger partial charge >= 0.3 is 0 Å². The van der Waals surface area contributed by atoms with Gasteiger partial charge in [-0.1, -0.05) is 11.6 Å². The van der Waals surface area contributed by atoms with Crippen LogP contribution in [0.5, 0.6) is 0 Å². The first-order chi connectivity index (χ1) is 7.24. The van der Waals surface area contributed by atoms with Crippen LogP contribution in [0.3, 0.4) is 0 Å². The molecular weight excluding hydrogens is 326 g/mol. The Kier molecular flexibility index (Phi) is 2.60. The maximum absolute atomic E-state index is 5.99. The number of fused-ring (bicyclic) bond motifs is 2. The lowest BCUT2D eigenvalue weighted by atomic mass is 9.89. The van der Waals surface area contributed by atoms with E-state index in [4.69, 9.17) is 16.3 Å². The summed E-state index contributed by atoms with van der Waals surface area (Å²) < 4.78 is 6.69. The maximum Gasteiger partial charge on any atom is 0.146 e. The molecule has 3 unspecified atom stereocenters. The highest BCUT2D eigenvalue weighted by atomic mass is 127. The summed E-state index contributed by atoms with van der Waals surface area (Å²) in [5.41, 5.74) is 0. The molecule has 0 saturated carbocycles. The van der Waals surface area contributed by atoms with E-state index in [2.05, 4.69) is 32.6 Å². The van der Waals surface area contributed by atoms with Crippen LogP contribution in [0.15, 0.2) is 6.20 Å². The molecule has 0 aromatic carbocycles. The third kappa shape index (κ3) is 1.76. The van der Waals surface area contributed by atoms with E-state index in [1.807, 2.05) is 0 Å². The topological polar surface area (TPSA) is 35.0 Å². The van der Waals surface area contributed by atoms with Crippen molar-refractivity contribution in [3.8, 4) is 0 Å². The second-order valence-corrected chi connectivity index (χ2v) is 5.60. The molecule has 5 heteroatoms. The van der Waals surface area contributed by atoms with Gasteiger partial charge in [-0.05, 0) is 41.9 Å². The van der Waals surface area contributed by atoms with Crippen LogP contribution in [0, 0.1) is 3.57 Å². The number of hydrogen-bond acceptors (Lipinski definition) is 3. The zero-order valence-corrected chi connectivity index (χ0v) is 10.9. The summed E-state index contributed by atoms with van der Waals surface area (Å²) in [5.74, 6) is 1.21. The minimum atomic E-state index is 0.325. The average Bonchev–Trinajstić information content (AvgIpc) is 2.83. The Labute approximate surface area is 107 Å². The Balaban J connectivity index is 1.90. The first kappa shape index (κ1) is 10.2. The van der Waals surface area contributed by atoms with Crippen molar-refractivity contribution in [1.82, 2.24) is 9.97 Å². The van der Waals surface area contributed by atoms with Crippen LogP contribution in [0.25, 0.3) is 0 Å². The second-order valence-electron chi connectivity index (χ2n) is 4.08. The van der Waals surface area contributed by atoms with Crippen molar-refractivity contribution in [2.24, 2.45) is 0 Å². The summed E-state index contributed by atoms with van der Waals surface area (Å²) in [7, 11) is 0. The van der Waals surface area contributed by atoms with Gasteiger partial charge in [0, 0.05) is 12.1 Å². The fourth-order valence-corrected chi connectivity index (χ4v) is 2.84. The third-order valence-electron chi connectivity index (χ3n) is 3.16. The number of ether oxygens (including phenoxy) is 1. The first-order valence-corrected chi connectivity index (χ1v) is 6.53. The van der Waals surface area contributed by atoms with Gasteiger partial charge in [-0.2, -0.15) is 0 Å². The van der Waals surface area contributed by atoms with E-state index in [1.165, 1.54) is 6.42 Å². The normalized spacial score (nSPS) is 33.6. The lowest BCUT2D eigenvalue weighted by Gasteiger charge is -2.16. The zero-order chi connectivity index (χ0) is 10.4. The molecule has 0 aliphatic carbocycles. The van der Waals surface area contributed by atoms with E-state index in [9.17, 15) is 0 Å². The SMILES string of the molecule is Clc1nc(C2CC3CCC2O3)ncc1I. The summed E-state index contributed by atoms with van der Waals surface area (Å²) in [5, 5.41) is 0.559. The van der Waals surface area contributed by atoms with Crippen molar-refractivity contribution < 1.29 is 4.74 Å². The molecule has 0 N–H and O–H groups in total. The number of aromatic nitrogens is 2. The van der Waals surface area contributed by atoms with Gasteiger partial charge in [0.2, 0.25) is 0 Å². The predicted octanol–water partition coefficient (Wildman–Crippen LogP) is 2.77. The molecule has 2 aliphatic rings. The molecule has 1 aromatic heterocycles. The Morgan fingerprint density at radius 3 is 2.93 bits per heavy atom. The van der Waals surface area contributed by atoms with Crippen molar-refractivity contribution in [2.75, 3.05) is 0 Å². The van der Waals surface area contributed by atoms with Crippen LogP contribution >= 0.6 is 34.2 Å². The third-order valence-corrected chi connectivity index (χ3v) is 4.55. The molecule has 3 heterocycles. The lowest BCUT2D eigenvalue weighted by molar-refractivity contribution is 0.0998. The average molecular weight is 337 g/mol. The van der Waals surface area contributed by atoms with Crippen molar-refractivity contribution in [3.05, 3.63) is 20.7 Å². The minimum Gasteiger partial charge on any atom is -0.374 e. The van der Waals surface area contributed by atoms with E-state index in [0.717, 1.165) is 22.2 Å². The van der Waals surface area contributed by atoms with E-state index in [-0.39, 0.29) is 0 Å². The van der Waals surface area contributed by atoms with Crippen LogP contribution in [-0.4, -0.2) is 22.2 Å². The number of halogens is 2. The van der Waals surface area contributed by atoms with Gasteiger partial charge in [0.25, 0.3) is 0 Å². The van der Waals surface area contributed by atoms with Gasteiger partial charge in [0.05, 0.1) is 15.8 Å². The first-order valence-electron chi connectivity index (χ1n) is 5.07. The van der Waals surface area contributed by atoms with E-state index >= 15 is 0 Å². The Morgan fingerprint density at radius 2 is 2.33 bits per heavy atom. The maximum atomic E-state index is 5.99. The molecule has 2 fully saturated rings. The van der Waals surface area contributed by atoms with Crippen molar-refractivity contribution >= 4 is 34.2 Å². The fourth-order valence-electron chi connectivity index (χ4n) is 2.45. The van der Waals surface area contributed by atoms with Crippen LogP contribution < -0.4 is 0 Å². The molecule has 0 spiro atoms. The molecule has 3 rings (SSSR count). The smallest absolute Gasteiger partial charge is 0.146 e. The molecular formula is C10H10ClIN2O. The van der Waals surface area contributed by atoms with Gasteiger partial charge in [-0.25, -0.2) is 9.97 Å². The second kappa shape index (κ2) is 3.82. The zero-order valence-electron chi connectivity index (χ0n) is 7.99. The quantitative estimate of drug-likeness (QED) is 0.584. The lowest BCUT2D eigenvalue weighted by Crippen LogP contribution is -2.17. The molecule has 3 nitrogen and oxygen atoms in total. The summed E-state index contributed by atoms with van der Waals surface area (Å²) >= 11 is 8.13. The highest BCUT2D eigenvalue weighted by molar-refractivity contribution is 14.1. The Hall–Kier alpha value is 0.0600. The monoisotopic (exact) mass is 336 g/mol. The summed E-state index contributed by atoms with van der Waals surface area (Å²) in [4.78, 5) is 8.70. The molecule has 2 aliphatic heterocycles. The molecule has 3 atom stereocenters. The number of hydrogen-bond donors (Lipinski definition) is 0. The van der Waals surface area contributed by atoms with E-state index < -0.39 is 0 Å². The molecule has 2 bridgehead atoms. The summed E-state index contributed by atoms with van der Waals surface area (Å²) in [6.07, 6.45) is 5.94. The van der Waals surface area contributed by atoms with Crippen LogP contribution in [0.4, 0.5) is 0 Å². The molecule has 2 saturated heterocycles. The van der Waals surface area contributed by atoms with E-state index in [0.29, 0.717) is 23.3 Å². The van der Waals surface area contributed by atoms with Crippen LogP contribution in [0.2, 0.25) is 5.15 Å². The number of nitrogens with zero attached hydrogens (tertiary/aromatic N) is 2. The molecule has 80 valence electrons. The minimum absolute atomic E-state index is 0.325. The van der Waals surface area contributed by atoms with E-state index in [1.54, 1.807) is 6.20 Å². The molecule has 1 aromatic rings. The van der Waals surface area contributed by atoms with Crippen molar-refractivity contribution in [1.29, 1.82) is 0 Å². The van der Waals surface area contributed by atoms with Crippen molar-refractivity contribution in [3.63, 3.8) is 0 Å². The fraction of sp³-hybridized carbons (Fsp3) is 0.600. The number of rotatable bonds is 1. The van der Waals surface area contributed by atoms with Gasteiger partial charge in [-0.3, -0.25) is 0 Å². The van der Waals surface area contributed by atoms with Gasteiger partial charge in [0.15, 0.2) is 0 Å². The Morgan fingerprint density at radius 1 is 1.47 bits per heavy atom. The Bertz CT molecular complexity index is 401. The van der Waals surface area contributed by atoms with Gasteiger partial charge < -0.3 is 4.74 Å². The molecule has 0 amide bonds. The van der Waals surface area contributed by atoms with Gasteiger partial charge in [-0.15, -0.1) is 0 Å². The van der Waals surface area contributed by atoms with Crippen LogP contribution in [0.1, 0.15) is 31.0 Å². The van der Waals surface area contributed by atoms with Gasteiger partial charge in [0.1, 0.15) is 11.0 Å². The molecule has 15 heavy (non-hydrogen) atoms. The predicted molar refractivity (Wildman–Crippen MR) is 65.0 cm³/mol. The highest BCUT2D eigenvalue weighted by Gasteiger charge is 2.42. The standard InChI is InChI=1S/C10H10ClIN2O/c11-9-7(12)4-13-10(14-9)6-3-5-1-2-8(6)15-5/h4-6,8H,1-3H2. The largest absolute Gasteiger partial charge is 0.374 e. The summed E-state index contributed by atoms with van der Waals surface area (Å²) in [6.45, 7) is 0. The van der Waals surface area contributed by atoms with Crippen LogP contribution in [-0.2, 0) is 4.74 Å².